The minimum atomic E-state index is -0.281. The van der Waals surface area contributed by atoms with E-state index >= 15 is 0 Å². The van der Waals surface area contributed by atoms with Gasteiger partial charge in [-0.25, -0.2) is 0 Å². The summed E-state index contributed by atoms with van der Waals surface area (Å²) in [5, 5.41) is 6.35. The largest absolute Gasteiger partial charge is 0.350 e. The zero-order chi connectivity index (χ0) is 17.6. The van der Waals surface area contributed by atoms with E-state index < -0.39 is 0 Å². The molecule has 1 rings (SSSR count). The van der Waals surface area contributed by atoms with Crippen LogP contribution in [0.25, 0.3) is 0 Å². The number of benzene rings is 1. The van der Waals surface area contributed by atoms with Crippen LogP contribution in [0.3, 0.4) is 0 Å². The van der Waals surface area contributed by atoms with Crippen molar-refractivity contribution >= 4 is 29.1 Å². The van der Waals surface area contributed by atoms with Crippen molar-refractivity contribution < 1.29 is 9.59 Å². The number of anilines is 1. The molecule has 0 saturated carbocycles. The van der Waals surface area contributed by atoms with Crippen LogP contribution in [-0.2, 0) is 9.59 Å². The van der Waals surface area contributed by atoms with E-state index in [0.717, 1.165) is 5.56 Å². The summed E-state index contributed by atoms with van der Waals surface area (Å²) in [7, 11) is 0. The number of amides is 2. The molecule has 2 N–H and O–H groups in total. The molecule has 0 spiro atoms. The normalized spacial score (nSPS) is 11.4. The van der Waals surface area contributed by atoms with Gasteiger partial charge in [0.25, 0.3) is 0 Å². The fourth-order valence-corrected chi connectivity index (χ4v) is 2.25. The van der Waals surface area contributed by atoms with Crippen LogP contribution in [0.1, 0.15) is 33.3 Å². The molecule has 0 aliphatic carbocycles. The lowest BCUT2D eigenvalue weighted by molar-refractivity contribution is -0.124. The topological polar surface area (TPSA) is 61.4 Å². The second-order valence-corrected chi connectivity index (χ2v) is 6.97. The van der Waals surface area contributed by atoms with Gasteiger partial charge in [-0.1, -0.05) is 24.6 Å². The molecule has 2 amide bonds. The molecule has 0 aliphatic heterocycles. The molecule has 1 aromatic carbocycles. The Balaban J connectivity index is 2.60. The third-order valence-corrected chi connectivity index (χ3v) is 3.65. The fourth-order valence-electron chi connectivity index (χ4n) is 2.08. The number of nitrogens with one attached hydrogen (secondary N) is 2. The van der Waals surface area contributed by atoms with Crippen molar-refractivity contribution in [2.45, 2.75) is 40.2 Å². The molecule has 0 unspecified atom stereocenters. The van der Waals surface area contributed by atoms with E-state index in [4.69, 9.17) is 11.6 Å². The molecule has 0 aliphatic rings. The maximum absolute atomic E-state index is 12.2. The fraction of sp³-hybridized carbons (Fsp3) is 0.529. The first kappa shape index (κ1) is 19.5. The zero-order valence-electron chi connectivity index (χ0n) is 14.5. The second kappa shape index (κ2) is 8.31. The number of carbonyl (C=O) groups is 2. The van der Waals surface area contributed by atoms with Crippen molar-refractivity contribution in [3.63, 3.8) is 0 Å². The molecule has 128 valence electrons. The number of carbonyl (C=O) groups excluding carboxylic acids is 2. The van der Waals surface area contributed by atoms with Gasteiger partial charge in [-0.05, 0) is 51.9 Å². The molecule has 0 heterocycles. The lowest BCUT2D eigenvalue weighted by Gasteiger charge is -2.24. The molecule has 6 heteroatoms. The van der Waals surface area contributed by atoms with E-state index in [1.807, 2.05) is 40.7 Å². The van der Waals surface area contributed by atoms with Crippen molar-refractivity contribution in [3.8, 4) is 0 Å². The van der Waals surface area contributed by atoms with Gasteiger partial charge in [0.05, 0.1) is 13.1 Å². The summed E-state index contributed by atoms with van der Waals surface area (Å²) in [6.45, 7) is 10.5. The number of rotatable bonds is 6. The summed E-state index contributed by atoms with van der Waals surface area (Å²) in [4.78, 5) is 25.9. The number of halogens is 1. The van der Waals surface area contributed by atoms with Gasteiger partial charge in [0.2, 0.25) is 11.8 Å². The van der Waals surface area contributed by atoms with Crippen LogP contribution in [0.15, 0.2) is 18.2 Å². The maximum Gasteiger partial charge on any atom is 0.238 e. The Morgan fingerprint density at radius 1 is 1.17 bits per heavy atom. The molecule has 0 bridgehead atoms. The predicted octanol–water partition coefficient (Wildman–Crippen LogP) is 2.82. The molecule has 23 heavy (non-hydrogen) atoms. The summed E-state index contributed by atoms with van der Waals surface area (Å²) in [6, 6.07) is 5.38. The monoisotopic (exact) mass is 339 g/mol. The highest BCUT2D eigenvalue weighted by Gasteiger charge is 2.18. The van der Waals surface area contributed by atoms with Crippen LogP contribution in [-0.4, -0.2) is 41.9 Å². The first-order chi connectivity index (χ1) is 10.6. The number of hydrogen-bond acceptors (Lipinski definition) is 3. The molecule has 1 aromatic rings. The van der Waals surface area contributed by atoms with E-state index in [-0.39, 0.29) is 30.4 Å². The van der Waals surface area contributed by atoms with Crippen LogP contribution in [0.4, 0.5) is 5.69 Å². The summed E-state index contributed by atoms with van der Waals surface area (Å²) < 4.78 is 0. The second-order valence-electron chi connectivity index (χ2n) is 6.56. The van der Waals surface area contributed by atoms with E-state index in [2.05, 4.69) is 10.6 Å². The van der Waals surface area contributed by atoms with Crippen LogP contribution < -0.4 is 10.6 Å². The Hall–Kier alpha value is -1.59. The summed E-state index contributed by atoms with van der Waals surface area (Å²) in [5.41, 5.74) is 1.24. The minimum Gasteiger partial charge on any atom is -0.350 e. The van der Waals surface area contributed by atoms with Gasteiger partial charge in [0.1, 0.15) is 0 Å². The van der Waals surface area contributed by atoms with Crippen LogP contribution in [0.2, 0.25) is 5.02 Å². The molecule has 0 fully saturated rings. The van der Waals surface area contributed by atoms with E-state index in [0.29, 0.717) is 17.3 Å². The van der Waals surface area contributed by atoms with Crippen molar-refractivity contribution in [1.82, 2.24) is 10.2 Å². The van der Waals surface area contributed by atoms with Crippen molar-refractivity contribution in [2.75, 3.05) is 25.0 Å². The Kier molecular flexibility index (Phi) is 7.03. The van der Waals surface area contributed by atoms with Gasteiger partial charge >= 0.3 is 0 Å². The van der Waals surface area contributed by atoms with Gasteiger partial charge in [-0.15, -0.1) is 0 Å². The first-order valence-electron chi connectivity index (χ1n) is 7.70. The zero-order valence-corrected chi connectivity index (χ0v) is 15.3. The Bertz CT molecular complexity index is 567. The smallest absolute Gasteiger partial charge is 0.238 e. The average molecular weight is 340 g/mol. The van der Waals surface area contributed by atoms with Crippen molar-refractivity contribution in [1.29, 1.82) is 0 Å². The SMILES string of the molecule is CCN(CC(=O)Nc1cccc(Cl)c1C)CC(=O)NC(C)(C)C. The molecule has 0 saturated heterocycles. The Morgan fingerprint density at radius 3 is 2.35 bits per heavy atom. The summed E-state index contributed by atoms with van der Waals surface area (Å²) in [5.74, 6) is -0.258. The lowest BCUT2D eigenvalue weighted by Crippen LogP contribution is -2.47. The highest BCUT2D eigenvalue weighted by Crippen LogP contribution is 2.22. The molecule has 0 atom stereocenters. The first-order valence-corrected chi connectivity index (χ1v) is 8.08. The van der Waals surface area contributed by atoms with Gasteiger partial charge < -0.3 is 10.6 Å². The third kappa shape index (κ3) is 7.01. The van der Waals surface area contributed by atoms with E-state index in [1.54, 1.807) is 17.0 Å². The number of likely N-dealkylation sites (N-methyl/N-ethyl adjacent to an activating group) is 1. The number of nitrogens with zero attached hydrogens (tertiary/aromatic N) is 1. The van der Waals surface area contributed by atoms with E-state index in [1.165, 1.54) is 0 Å². The summed E-state index contributed by atoms with van der Waals surface area (Å²) >= 11 is 6.05. The molecule has 5 nitrogen and oxygen atoms in total. The minimum absolute atomic E-state index is 0.0916. The Labute approximate surface area is 143 Å². The van der Waals surface area contributed by atoms with Crippen molar-refractivity contribution in [2.24, 2.45) is 0 Å². The number of hydrogen-bond donors (Lipinski definition) is 2. The van der Waals surface area contributed by atoms with E-state index in [9.17, 15) is 9.59 Å². The van der Waals surface area contributed by atoms with Gasteiger partial charge in [-0.3, -0.25) is 14.5 Å². The highest BCUT2D eigenvalue weighted by molar-refractivity contribution is 6.31. The van der Waals surface area contributed by atoms with Crippen molar-refractivity contribution in [3.05, 3.63) is 28.8 Å². The molecule has 0 aromatic heterocycles. The Morgan fingerprint density at radius 2 is 1.78 bits per heavy atom. The molecular formula is C17H26ClN3O2. The van der Waals surface area contributed by atoms with Crippen LogP contribution >= 0.6 is 11.6 Å². The average Bonchev–Trinajstić information content (AvgIpc) is 2.41. The lowest BCUT2D eigenvalue weighted by atomic mass is 10.1. The highest BCUT2D eigenvalue weighted by atomic mass is 35.5. The standard InChI is InChI=1S/C17H26ClN3O2/c1-6-21(11-16(23)20-17(3,4)5)10-15(22)19-14-9-7-8-13(18)12(14)2/h7-9H,6,10-11H2,1-5H3,(H,19,22)(H,20,23). The third-order valence-electron chi connectivity index (χ3n) is 3.24. The van der Waals surface area contributed by atoms with Gasteiger partial charge in [0, 0.05) is 16.2 Å². The molecule has 0 radical (unpaired) electrons. The predicted molar refractivity (Wildman–Crippen MR) is 94.8 cm³/mol. The quantitative estimate of drug-likeness (QED) is 0.837. The van der Waals surface area contributed by atoms with Gasteiger partial charge in [-0.2, -0.15) is 0 Å². The van der Waals surface area contributed by atoms with Crippen LogP contribution in [0, 0.1) is 6.92 Å². The van der Waals surface area contributed by atoms with Gasteiger partial charge in [0.15, 0.2) is 0 Å². The summed E-state index contributed by atoms with van der Waals surface area (Å²) in [6.07, 6.45) is 0. The van der Waals surface area contributed by atoms with Crippen LogP contribution in [0.5, 0.6) is 0 Å². The maximum atomic E-state index is 12.2. The molecular weight excluding hydrogens is 314 g/mol.